The minimum absolute atomic E-state index is 0.0292. The van der Waals surface area contributed by atoms with Gasteiger partial charge in [0.25, 0.3) is 5.91 Å². The molecule has 0 spiro atoms. The molecule has 1 aliphatic heterocycles. The summed E-state index contributed by atoms with van der Waals surface area (Å²) in [5.41, 5.74) is 1.68. The largest absolute Gasteiger partial charge is 0.481 e. The van der Waals surface area contributed by atoms with Gasteiger partial charge in [-0.25, -0.2) is 17.9 Å². The number of amides is 1. The second kappa shape index (κ2) is 7.22. The molecule has 8 nitrogen and oxygen atoms in total. The van der Waals surface area contributed by atoms with Crippen LogP contribution < -0.4 is 14.8 Å². The fourth-order valence-electron chi connectivity index (χ4n) is 2.62. The molecule has 2 aromatic carbocycles. The van der Waals surface area contributed by atoms with Gasteiger partial charge in [-0.2, -0.15) is 0 Å². The number of anilines is 1. The van der Waals surface area contributed by atoms with Crippen LogP contribution in [0.3, 0.4) is 0 Å². The third-order valence-electron chi connectivity index (χ3n) is 3.92. The van der Waals surface area contributed by atoms with E-state index in [0.29, 0.717) is 22.6 Å². The summed E-state index contributed by atoms with van der Waals surface area (Å²) >= 11 is 0. The summed E-state index contributed by atoms with van der Waals surface area (Å²) in [5, 5.41) is 11.5. The van der Waals surface area contributed by atoms with E-state index in [1.807, 2.05) is 0 Å². The Morgan fingerprint density at radius 3 is 2.70 bits per heavy atom. The number of ether oxygens (including phenoxy) is 1. The number of nitrogens with one attached hydrogen (secondary N) is 2. The van der Waals surface area contributed by atoms with Crippen LogP contribution in [0.4, 0.5) is 5.69 Å². The van der Waals surface area contributed by atoms with Crippen LogP contribution in [0.2, 0.25) is 0 Å². The fourth-order valence-corrected chi connectivity index (χ4v) is 3.38. The molecular formula is C18H16N2O6S. The van der Waals surface area contributed by atoms with E-state index in [1.54, 1.807) is 24.3 Å². The van der Waals surface area contributed by atoms with E-state index in [0.717, 1.165) is 0 Å². The monoisotopic (exact) mass is 388 g/mol. The van der Waals surface area contributed by atoms with Gasteiger partial charge in [0.05, 0.1) is 4.90 Å². The molecule has 1 amide bonds. The van der Waals surface area contributed by atoms with Gasteiger partial charge in [-0.15, -0.1) is 0 Å². The summed E-state index contributed by atoms with van der Waals surface area (Å²) < 4.78 is 31.6. The lowest BCUT2D eigenvalue weighted by Crippen LogP contribution is -2.18. The number of hydrogen-bond donors (Lipinski definition) is 3. The van der Waals surface area contributed by atoms with Gasteiger partial charge in [-0.1, -0.05) is 18.2 Å². The number of rotatable bonds is 6. The van der Waals surface area contributed by atoms with E-state index in [2.05, 4.69) is 10.0 Å². The highest BCUT2D eigenvalue weighted by Crippen LogP contribution is 2.36. The van der Waals surface area contributed by atoms with E-state index in [4.69, 9.17) is 9.84 Å². The molecule has 0 atom stereocenters. The van der Waals surface area contributed by atoms with Crippen molar-refractivity contribution in [3.05, 3.63) is 53.6 Å². The maximum absolute atomic E-state index is 12.4. The molecule has 0 aromatic heterocycles. The highest BCUT2D eigenvalue weighted by Gasteiger charge is 2.26. The Balaban J connectivity index is 2.06. The Bertz CT molecular complexity index is 1060. The number of fused-ring (bicyclic) bond motifs is 1. The van der Waals surface area contributed by atoms with Crippen LogP contribution in [0.1, 0.15) is 11.1 Å². The van der Waals surface area contributed by atoms with Crippen LogP contribution in [0.5, 0.6) is 5.75 Å². The Hall–Kier alpha value is -3.17. The van der Waals surface area contributed by atoms with Crippen LogP contribution in [0.25, 0.3) is 11.6 Å². The molecule has 3 rings (SSSR count). The van der Waals surface area contributed by atoms with Crippen molar-refractivity contribution in [2.24, 2.45) is 0 Å². The highest BCUT2D eigenvalue weighted by molar-refractivity contribution is 7.89. The van der Waals surface area contributed by atoms with Crippen molar-refractivity contribution < 1.29 is 27.9 Å². The predicted molar refractivity (Wildman–Crippen MR) is 98.8 cm³/mol. The van der Waals surface area contributed by atoms with Crippen molar-refractivity contribution in [2.45, 2.75) is 4.90 Å². The van der Waals surface area contributed by atoms with E-state index in [9.17, 15) is 18.0 Å². The average molecular weight is 388 g/mol. The molecule has 0 aliphatic carbocycles. The Morgan fingerprint density at radius 1 is 1.26 bits per heavy atom. The lowest BCUT2D eigenvalue weighted by Gasteiger charge is -2.08. The lowest BCUT2D eigenvalue weighted by atomic mass is 10.0. The number of hydrogen-bond acceptors (Lipinski definition) is 5. The van der Waals surface area contributed by atoms with Crippen molar-refractivity contribution in [1.29, 1.82) is 0 Å². The van der Waals surface area contributed by atoms with Gasteiger partial charge in [0.1, 0.15) is 5.75 Å². The second-order valence-corrected chi connectivity index (χ2v) is 7.53. The summed E-state index contributed by atoms with van der Waals surface area (Å²) in [6, 6.07) is 11.0. The molecule has 1 heterocycles. The first kappa shape index (κ1) is 18.6. The van der Waals surface area contributed by atoms with E-state index >= 15 is 0 Å². The topological polar surface area (TPSA) is 122 Å². The fraction of sp³-hybridized carbons (Fsp3) is 0.111. The number of aliphatic carboxylic acids is 1. The van der Waals surface area contributed by atoms with Crippen molar-refractivity contribution >= 4 is 39.2 Å². The number of para-hydroxylation sites is 1. The zero-order valence-corrected chi connectivity index (χ0v) is 15.0. The minimum atomic E-state index is -3.67. The molecule has 0 radical (unpaired) electrons. The second-order valence-electron chi connectivity index (χ2n) is 5.65. The highest BCUT2D eigenvalue weighted by atomic mass is 32.2. The number of carboxylic acids is 1. The Morgan fingerprint density at radius 2 is 2.00 bits per heavy atom. The van der Waals surface area contributed by atoms with Gasteiger partial charge in [0.15, 0.2) is 6.61 Å². The molecule has 0 saturated heterocycles. The van der Waals surface area contributed by atoms with Gasteiger partial charge in [0, 0.05) is 22.4 Å². The third kappa shape index (κ3) is 3.83. The van der Waals surface area contributed by atoms with Gasteiger partial charge >= 0.3 is 5.97 Å². The minimum Gasteiger partial charge on any atom is -0.481 e. The predicted octanol–water partition coefficient (Wildman–Crippen LogP) is 1.55. The molecule has 140 valence electrons. The van der Waals surface area contributed by atoms with Gasteiger partial charge in [-0.05, 0) is 37.4 Å². The number of sulfonamides is 1. The first-order valence-corrected chi connectivity index (χ1v) is 9.35. The summed E-state index contributed by atoms with van der Waals surface area (Å²) in [6.45, 7) is -0.520. The molecule has 0 unspecified atom stereocenters. The number of carbonyl (C=O) groups is 2. The summed E-state index contributed by atoms with van der Waals surface area (Å²) in [7, 11) is -2.36. The van der Waals surface area contributed by atoms with Gasteiger partial charge in [-0.3, -0.25) is 4.79 Å². The standard InChI is InChI=1S/C18H16N2O6S/c1-19-27(24,25)12-6-7-15-13(9-12)14(18(23)20-15)8-11-4-2-3-5-16(11)26-10-17(21)22/h2-9,19H,10H2,1H3,(H,20,23)(H,21,22). The van der Waals surface area contributed by atoms with E-state index in [1.165, 1.54) is 31.3 Å². The molecule has 1 aliphatic rings. The van der Waals surface area contributed by atoms with Crippen molar-refractivity contribution in [1.82, 2.24) is 4.72 Å². The molecule has 0 fully saturated rings. The average Bonchev–Trinajstić information content (AvgIpc) is 2.95. The van der Waals surface area contributed by atoms with Crippen LogP contribution in [0.15, 0.2) is 47.4 Å². The normalized spacial score (nSPS) is 14.7. The van der Waals surface area contributed by atoms with E-state index < -0.39 is 28.5 Å². The molecule has 0 bridgehead atoms. The smallest absolute Gasteiger partial charge is 0.341 e. The number of carbonyl (C=O) groups excluding carboxylic acids is 1. The molecule has 2 aromatic rings. The maximum atomic E-state index is 12.4. The Kier molecular flexibility index (Phi) is 4.98. The van der Waals surface area contributed by atoms with Crippen molar-refractivity contribution in [3.8, 4) is 5.75 Å². The first-order valence-electron chi connectivity index (χ1n) is 7.86. The zero-order valence-electron chi connectivity index (χ0n) is 14.2. The van der Waals surface area contributed by atoms with E-state index in [-0.39, 0.29) is 10.5 Å². The molecule has 9 heteroatoms. The maximum Gasteiger partial charge on any atom is 0.341 e. The molecular weight excluding hydrogens is 372 g/mol. The number of carboxylic acid groups (broad SMARTS) is 1. The van der Waals surface area contributed by atoms with Gasteiger partial charge < -0.3 is 15.2 Å². The third-order valence-corrected chi connectivity index (χ3v) is 5.34. The van der Waals surface area contributed by atoms with Crippen molar-refractivity contribution in [3.63, 3.8) is 0 Å². The van der Waals surface area contributed by atoms with Crippen molar-refractivity contribution in [2.75, 3.05) is 19.0 Å². The van der Waals surface area contributed by atoms with Gasteiger partial charge in [0.2, 0.25) is 10.0 Å². The molecule has 0 saturated carbocycles. The summed E-state index contributed by atoms with van der Waals surface area (Å²) in [4.78, 5) is 23.1. The zero-order chi connectivity index (χ0) is 19.6. The summed E-state index contributed by atoms with van der Waals surface area (Å²) in [6.07, 6.45) is 1.54. The SMILES string of the molecule is CNS(=O)(=O)c1ccc2c(c1)C(=Cc1ccccc1OCC(=O)O)C(=O)N2. The first-order chi connectivity index (χ1) is 12.8. The van der Waals surface area contributed by atoms with Crippen LogP contribution in [0, 0.1) is 0 Å². The summed E-state index contributed by atoms with van der Waals surface area (Å²) in [5.74, 6) is -1.21. The quantitative estimate of drug-likeness (QED) is 0.646. The van der Waals surface area contributed by atoms with Crippen LogP contribution in [-0.2, 0) is 19.6 Å². The molecule has 3 N–H and O–H groups in total. The number of benzene rings is 2. The van der Waals surface area contributed by atoms with Crippen LogP contribution >= 0.6 is 0 Å². The molecule has 27 heavy (non-hydrogen) atoms. The lowest BCUT2D eigenvalue weighted by molar-refractivity contribution is -0.139. The van der Waals surface area contributed by atoms with Crippen LogP contribution in [-0.4, -0.2) is 39.1 Å². The Labute approximate surface area is 155 Å².